The van der Waals surface area contributed by atoms with Crippen LogP contribution in [-0.2, 0) is 0 Å². The van der Waals surface area contributed by atoms with E-state index in [2.05, 4.69) is 18.7 Å². The normalized spacial score (nSPS) is 18.1. The molecule has 0 radical (unpaired) electrons. The van der Waals surface area contributed by atoms with Gasteiger partial charge in [-0.05, 0) is 56.3 Å². The molecule has 2 unspecified atom stereocenters. The molecule has 3 nitrogen and oxygen atoms in total. The van der Waals surface area contributed by atoms with Crippen molar-refractivity contribution in [3.63, 3.8) is 0 Å². The van der Waals surface area contributed by atoms with Crippen molar-refractivity contribution in [3.8, 4) is 5.75 Å². The van der Waals surface area contributed by atoms with E-state index in [1.807, 2.05) is 24.3 Å². The topological polar surface area (TPSA) is 32.7 Å². The molecule has 1 fully saturated rings. The molecule has 1 aliphatic rings. The lowest BCUT2D eigenvalue weighted by Gasteiger charge is -2.32. The quantitative estimate of drug-likeness (QED) is 0.792. The predicted octanol–water partition coefficient (Wildman–Crippen LogP) is 3.24. The van der Waals surface area contributed by atoms with E-state index in [9.17, 15) is 5.11 Å². The highest BCUT2D eigenvalue weighted by Crippen LogP contribution is 2.32. The van der Waals surface area contributed by atoms with Gasteiger partial charge < -0.3 is 9.84 Å². The second kappa shape index (κ2) is 7.09. The minimum absolute atomic E-state index is 0.156. The largest absolute Gasteiger partial charge is 0.497 e. The summed E-state index contributed by atoms with van der Waals surface area (Å²) in [7, 11) is 1.66. The second-order valence-corrected chi connectivity index (χ2v) is 5.90. The number of hydrogen-bond donors (Lipinski definition) is 1. The van der Waals surface area contributed by atoms with Crippen LogP contribution in [-0.4, -0.2) is 36.2 Å². The molecular weight excluding hydrogens is 250 g/mol. The SMILES string of the molecule is CCCN(CC1CC1)C(C)C(O)c1ccc(OC)cc1. The predicted molar refractivity (Wildman–Crippen MR) is 82.0 cm³/mol. The summed E-state index contributed by atoms with van der Waals surface area (Å²) in [5.41, 5.74) is 0.968. The van der Waals surface area contributed by atoms with Crippen molar-refractivity contribution in [1.82, 2.24) is 4.90 Å². The summed E-state index contributed by atoms with van der Waals surface area (Å²) < 4.78 is 5.16. The lowest BCUT2D eigenvalue weighted by molar-refractivity contribution is 0.0549. The van der Waals surface area contributed by atoms with E-state index in [1.54, 1.807) is 7.11 Å². The van der Waals surface area contributed by atoms with Gasteiger partial charge in [-0.3, -0.25) is 4.90 Å². The van der Waals surface area contributed by atoms with Gasteiger partial charge in [0.05, 0.1) is 13.2 Å². The number of aliphatic hydroxyl groups excluding tert-OH is 1. The Hall–Kier alpha value is -1.06. The average Bonchev–Trinajstić information content (AvgIpc) is 3.29. The molecule has 2 atom stereocenters. The summed E-state index contributed by atoms with van der Waals surface area (Å²) in [5, 5.41) is 10.6. The third-order valence-corrected chi connectivity index (χ3v) is 4.19. The zero-order valence-electron chi connectivity index (χ0n) is 12.9. The van der Waals surface area contributed by atoms with Crippen molar-refractivity contribution < 1.29 is 9.84 Å². The number of nitrogens with zero attached hydrogens (tertiary/aromatic N) is 1. The highest BCUT2D eigenvalue weighted by molar-refractivity contribution is 5.29. The first-order chi connectivity index (χ1) is 9.65. The summed E-state index contributed by atoms with van der Waals surface area (Å²) in [6.07, 6.45) is 3.40. The number of benzene rings is 1. The van der Waals surface area contributed by atoms with Gasteiger partial charge in [0.2, 0.25) is 0 Å². The molecule has 0 aliphatic heterocycles. The Labute approximate surface area is 122 Å². The molecule has 1 N–H and O–H groups in total. The molecule has 0 aromatic heterocycles. The number of aliphatic hydroxyl groups is 1. The smallest absolute Gasteiger partial charge is 0.118 e. The van der Waals surface area contributed by atoms with Gasteiger partial charge >= 0.3 is 0 Å². The minimum atomic E-state index is -0.439. The van der Waals surface area contributed by atoms with E-state index < -0.39 is 6.10 Å². The van der Waals surface area contributed by atoms with Crippen LogP contribution in [0.3, 0.4) is 0 Å². The Morgan fingerprint density at radius 2 is 1.95 bits per heavy atom. The number of hydrogen-bond acceptors (Lipinski definition) is 3. The molecule has 20 heavy (non-hydrogen) atoms. The molecule has 0 amide bonds. The van der Waals surface area contributed by atoms with E-state index in [4.69, 9.17) is 4.74 Å². The first-order valence-corrected chi connectivity index (χ1v) is 7.71. The fourth-order valence-corrected chi connectivity index (χ4v) is 2.66. The van der Waals surface area contributed by atoms with E-state index in [1.165, 1.54) is 12.8 Å². The van der Waals surface area contributed by atoms with E-state index in [-0.39, 0.29) is 6.04 Å². The first-order valence-electron chi connectivity index (χ1n) is 7.71. The zero-order chi connectivity index (χ0) is 14.5. The monoisotopic (exact) mass is 277 g/mol. The van der Waals surface area contributed by atoms with Gasteiger partial charge in [0.25, 0.3) is 0 Å². The lowest BCUT2D eigenvalue weighted by atomic mass is 10.0. The maximum absolute atomic E-state index is 10.6. The maximum Gasteiger partial charge on any atom is 0.118 e. The van der Waals surface area contributed by atoms with Crippen molar-refractivity contribution in [3.05, 3.63) is 29.8 Å². The fraction of sp³-hybridized carbons (Fsp3) is 0.647. The van der Waals surface area contributed by atoms with Gasteiger partial charge in [-0.25, -0.2) is 0 Å². The summed E-state index contributed by atoms with van der Waals surface area (Å²) in [6, 6.07) is 7.90. The Balaban J connectivity index is 2.01. The number of rotatable bonds is 8. The van der Waals surface area contributed by atoms with Gasteiger partial charge in [0.15, 0.2) is 0 Å². The number of ether oxygens (including phenoxy) is 1. The van der Waals surface area contributed by atoms with E-state index in [0.29, 0.717) is 0 Å². The molecule has 0 spiro atoms. The molecule has 2 rings (SSSR count). The van der Waals surface area contributed by atoms with Crippen LogP contribution in [0.15, 0.2) is 24.3 Å². The maximum atomic E-state index is 10.6. The van der Waals surface area contributed by atoms with Crippen molar-refractivity contribution in [2.75, 3.05) is 20.2 Å². The molecule has 0 bridgehead atoms. The fourth-order valence-electron chi connectivity index (χ4n) is 2.66. The molecular formula is C17H27NO2. The van der Waals surface area contributed by atoms with E-state index in [0.717, 1.165) is 36.7 Å². The molecule has 3 heteroatoms. The summed E-state index contributed by atoms with van der Waals surface area (Å²) in [4.78, 5) is 2.44. The molecule has 112 valence electrons. The first kappa shape index (κ1) is 15.3. The van der Waals surface area contributed by atoms with Gasteiger partial charge in [-0.1, -0.05) is 19.1 Å². The van der Waals surface area contributed by atoms with Crippen molar-refractivity contribution in [2.24, 2.45) is 5.92 Å². The van der Waals surface area contributed by atoms with Crippen LogP contribution in [0, 0.1) is 5.92 Å². The molecule has 0 saturated heterocycles. The molecule has 0 heterocycles. The second-order valence-electron chi connectivity index (χ2n) is 5.90. The minimum Gasteiger partial charge on any atom is -0.497 e. The van der Waals surface area contributed by atoms with E-state index >= 15 is 0 Å². The standard InChI is InChI=1S/C17H27NO2/c1-4-11-18(12-14-5-6-14)13(2)17(19)15-7-9-16(20-3)10-8-15/h7-10,13-14,17,19H,4-6,11-12H2,1-3H3. The van der Waals surface area contributed by atoms with Crippen molar-refractivity contribution in [1.29, 1.82) is 0 Å². The number of methoxy groups -OCH3 is 1. The Morgan fingerprint density at radius 3 is 2.45 bits per heavy atom. The van der Waals surface area contributed by atoms with Gasteiger partial charge in [-0.2, -0.15) is 0 Å². The zero-order valence-corrected chi connectivity index (χ0v) is 12.9. The summed E-state index contributed by atoms with van der Waals surface area (Å²) in [6.45, 7) is 6.52. The van der Waals surface area contributed by atoms with Crippen molar-refractivity contribution in [2.45, 2.75) is 45.3 Å². The van der Waals surface area contributed by atoms with Crippen LogP contribution in [0.5, 0.6) is 5.75 Å². The van der Waals surface area contributed by atoms with Crippen LogP contribution in [0.2, 0.25) is 0 Å². The Bertz CT molecular complexity index is 400. The molecule has 1 aliphatic carbocycles. The lowest BCUT2D eigenvalue weighted by Crippen LogP contribution is -2.39. The highest BCUT2D eigenvalue weighted by Gasteiger charge is 2.29. The average molecular weight is 277 g/mol. The summed E-state index contributed by atoms with van der Waals surface area (Å²) in [5.74, 6) is 1.68. The van der Waals surface area contributed by atoms with Gasteiger partial charge in [0, 0.05) is 12.6 Å². The van der Waals surface area contributed by atoms with Crippen LogP contribution in [0.1, 0.15) is 44.8 Å². The summed E-state index contributed by atoms with van der Waals surface area (Å²) >= 11 is 0. The highest BCUT2D eigenvalue weighted by atomic mass is 16.5. The molecule has 1 saturated carbocycles. The molecule has 1 aromatic carbocycles. The van der Waals surface area contributed by atoms with Gasteiger partial charge in [0.1, 0.15) is 5.75 Å². The third kappa shape index (κ3) is 3.97. The Kier molecular flexibility index (Phi) is 5.44. The molecule has 1 aromatic rings. The van der Waals surface area contributed by atoms with Gasteiger partial charge in [-0.15, -0.1) is 0 Å². The van der Waals surface area contributed by atoms with Crippen LogP contribution < -0.4 is 4.74 Å². The van der Waals surface area contributed by atoms with Crippen LogP contribution in [0.25, 0.3) is 0 Å². The van der Waals surface area contributed by atoms with Crippen LogP contribution in [0.4, 0.5) is 0 Å². The third-order valence-electron chi connectivity index (χ3n) is 4.19. The van der Waals surface area contributed by atoms with Crippen LogP contribution >= 0.6 is 0 Å². The van der Waals surface area contributed by atoms with Crippen molar-refractivity contribution >= 4 is 0 Å². The Morgan fingerprint density at radius 1 is 1.30 bits per heavy atom.